The summed E-state index contributed by atoms with van der Waals surface area (Å²) in [5, 5.41) is 0. The Kier molecular flexibility index (Phi) is 1.71. The Bertz CT molecular complexity index is 547. The molecule has 0 bridgehead atoms. The molecule has 0 saturated carbocycles. The monoisotopic (exact) mass is 214 g/mol. The number of fused-ring (bicyclic) bond motifs is 3. The van der Waals surface area contributed by atoms with Gasteiger partial charge in [0, 0.05) is 19.3 Å². The van der Waals surface area contributed by atoms with Crippen LogP contribution in [0, 0.1) is 0 Å². The van der Waals surface area contributed by atoms with Crippen LogP contribution in [0.5, 0.6) is 0 Å². The molecule has 0 N–H and O–H groups in total. The largest absolute Gasteiger partial charge is 0.351 e. The molecule has 1 atom stereocenters. The molecule has 2 aliphatic rings. The molecule has 1 aromatic heterocycles. The van der Waals surface area contributed by atoms with Crippen molar-refractivity contribution < 1.29 is 4.79 Å². The van der Waals surface area contributed by atoms with E-state index in [2.05, 4.69) is 15.0 Å². The van der Waals surface area contributed by atoms with Crippen molar-refractivity contribution in [2.75, 3.05) is 7.05 Å². The van der Waals surface area contributed by atoms with E-state index >= 15 is 0 Å². The predicted molar refractivity (Wildman–Crippen MR) is 58.2 cm³/mol. The van der Waals surface area contributed by atoms with Crippen molar-refractivity contribution in [2.24, 2.45) is 4.99 Å². The molecule has 1 aromatic rings. The highest BCUT2D eigenvalue weighted by molar-refractivity contribution is 6.25. The lowest BCUT2D eigenvalue weighted by molar-refractivity contribution is 0.104. The number of aliphatic imine (C=N–C) groups is 1. The first-order valence-corrected chi connectivity index (χ1v) is 5.06. The van der Waals surface area contributed by atoms with E-state index in [0.717, 1.165) is 11.4 Å². The minimum Gasteiger partial charge on any atom is -0.351 e. The first-order valence-electron chi connectivity index (χ1n) is 5.06. The summed E-state index contributed by atoms with van der Waals surface area (Å²) in [4.78, 5) is 26.3. The van der Waals surface area contributed by atoms with E-state index in [9.17, 15) is 4.79 Å². The zero-order valence-electron chi connectivity index (χ0n) is 9.01. The number of carbonyl (C=O) groups excluding carboxylic acids is 1. The van der Waals surface area contributed by atoms with E-state index < -0.39 is 0 Å². The van der Waals surface area contributed by atoms with Crippen molar-refractivity contribution in [1.82, 2.24) is 14.9 Å². The van der Waals surface area contributed by atoms with E-state index in [1.807, 2.05) is 18.9 Å². The zero-order chi connectivity index (χ0) is 11.3. The van der Waals surface area contributed by atoms with Crippen LogP contribution in [0.2, 0.25) is 0 Å². The molecule has 5 nitrogen and oxygen atoms in total. The van der Waals surface area contributed by atoms with Crippen LogP contribution in [0.3, 0.4) is 0 Å². The topological polar surface area (TPSA) is 58.5 Å². The number of likely N-dealkylation sites (N-methyl/N-ethyl adjacent to an activating group) is 1. The van der Waals surface area contributed by atoms with Crippen LogP contribution in [0.4, 0.5) is 0 Å². The molecular weight excluding hydrogens is 204 g/mol. The molecule has 0 fully saturated rings. The van der Waals surface area contributed by atoms with Gasteiger partial charge in [0.2, 0.25) is 0 Å². The molecule has 16 heavy (non-hydrogen) atoms. The Hall–Kier alpha value is -2.04. The average molecular weight is 214 g/mol. The summed E-state index contributed by atoms with van der Waals surface area (Å²) in [7, 11) is 1.92. The van der Waals surface area contributed by atoms with Crippen molar-refractivity contribution in [1.29, 1.82) is 0 Å². The van der Waals surface area contributed by atoms with Crippen molar-refractivity contribution >= 4 is 11.5 Å². The van der Waals surface area contributed by atoms with E-state index in [4.69, 9.17) is 0 Å². The Morgan fingerprint density at radius 3 is 3.06 bits per heavy atom. The summed E-state index contributed by atoms with van der Waals surface area (Å²) in [5.74, 6) is -0.0505. The number of aromatic nitrogens is 2. The number of ketones is 1. The lowest BCUT2D eigenvalue weighted by Gasteiger charge is -2.20. The fourth-order valence-corrected chi connectivity index (χ4v) is 1.96. The summed E-state index contributed by atoms with van der Waals surface area (Å²) < 4.78 is 0. The van der Waals surface area contributed by atoms with Gasteiger partial charge >= 0.3 is 0 Å². The van der Waals surface area contributed by atoms with Crippen LogP contribution >= 0.6 is 0 Å². The third-order valence-corrected chi connectivity index (χ3v) is 2.97. The maximum Gasteiger partial charge on any atom is 0.191 e. The lowest BCUT2D eigenvalue weighted by atomic mass is 9.98. The molecule has 0 spiro atoms. The minimum atomic E-state index is -0.0505. The molecule has 0 amide bonds. The van der Waals surface area contributed by atoms with Gasteiger partial charge in [-0.25, -0.2) is 9.97 Å². The maximum atomic E-state index is 11.8. The fourth-order valence-electron chi connectivity index (χ4n) is 1.96. The third-order valence-electron chi connectivity index (χ3n) is 2.97. The molecular formula is C11H10N4O. The number of hydrogen-bond acceptors (Lipinski definition) is 5. The maximum absolute atomic E-state index is 11.8. The highest BCUT2D eigenvalue weighted by atomic mass is 16.1. The van der Waals surface area contributed by atoms with Gasteiger partial charge < -0.3 is 4.90 Å². The quantitative estimate of drug-likeness (QED) is 0.635. The second-order valence-electron chi connectivity index (χ2n) is 3.90. The second kappa shape index (κ2) is 2.98. The Balaban J connectivity index is 2.25. The van der Waals surface area contributed by atoms with Gasteiger partial charge in [0.05, 0.1) is 11.3 Å². The number of rotatable bonds is 0. The molecule has 5 heteroatoms. The summed E-state index contributed by atoms with van der Waals surface area (Å²) >= 11 is 0. The van der Waals surface area contributed by atoms with Crippen LogP contribution in [0.25, 0.3) is 0 Å². The van der Waals surface area contributed by atoms with Gasteiger partial charge in [0.25, 0.3) is 0 Å². The summed E-state index contributed by atoms with van der Waals surface area (Å²) in [5.41, 5.74) is 2.83. The van der Waals surface area contributed by atoms with E-state index in [1.54, 1.807) is 12.3 Å². The van der Waals surface area contributed by atoms with Gasteiger partial charge in [-0.15, -0.1) is 0 Å². The summed E-state index contributed by atoms with van der Waals surface area (Å²) in [6.07, 6.45) is 4.65. The highest BCUT2D eigenvalue weighted by Gasteiger charge is 2.33. The molecule has 1 aliphatic heterocycles. The molecule has 0 aromatic carbocycles. The summed E-state index contributed by atoms with van der Waals surface area (Å²) in [6, 6.07) is 0. The molecule has 0 radical (unpaired) electrons. The fraction of sp³-hybridized carbons (Fsp3) is 0.273. The van der Waals surface area contributed by atoms with Crippen LogP contribution < -0.4 is 0 Å². The molecule has 2 heterocycles. The van der Waals surface area contributed by atoms with Crippen LogP contribution in [-0.2, 0) is 0 Å². The highest BCUT2D eigenvalue weighted by Crippen LogP contribution is 2.27. The Morgan fingerprint density at radius 1 is 1.44 bits per heavy atom. The molecule has 1 unspecified atom stereocenters. The van der Waals surface area contributed by atoms with Crippen molar-refractivity contribution in [3.05, 3.63) is 35.6 Å². The molecule has 3 rings (SSSR count). The summed E-state index contributed by atoms with van der Waals surface area (Å²) in [6.45, 7) is 1.98. The first-order chi connectivity index (χ1) is 7.68. The van der Waals surface area contributed by atoms with Crippen LogP contribution in [0.1, 0.15) is 23.0 Å². The van der Waals surface area contributed by atoms with Crippen LogP contribution in [0.15, 0.2) is 29.3 Å². The molecule has 80 valence electrons. The van der Waals surface area contributed by atoms with E-state index in [-0.39, 0.29) is 11.9 Å². The Labute approximate surface area is 92.5 Å². The number of allylic oxidation sites excluding steroid dienone is 2. The predicted octanol–water partition coefficient (Wildman–Crippen LogP) is 0.637. The molecule has 0 saturated heterocycles. The van der Waals surface area contributed by atoms with Crippen molar-refractivity contribution in [3.8, 4) is 0 Å². The van der Waals surface area contributed by atoms with Gasteiger partial charge in [-0.05, 0) is 6.92 Å². The van der Waals surface area contributed by atoms with Crippen molar-refractivity contribution in [2.45, 2.75) is 13.1 Å². The number of hydrogen-bond donors (Lipinski definition) is 0. The average Bonchev–Trinajstić information content (AvgIpc) is 2.57. The lowest BCUT2D eigenvalue weighted by Crippen LogP contribution is -2.26. The second-order valence-corrected chi connectivity index (χ2v) is 3.90. The van der Waals surface area contributed by atoms with Crippen molar-refractivity contribution in [3.63, 3.8) is 0 Å². The zero-order valence-corrected chi connectivity index (χ0v) is 9.01. The van der Waals surface area contributed by atoms with Gasteiger partial charge in [-0.3, -0.25) is 9.79 Å². The van der Waals surface area contributed by atoms with Gasteiger partial charge in [0.1, 0.15) is 23.9 Å². The van der Waals surface area contributed by atoms with E-state index in [1.165, 1.54) is 6.33 Å². The number of carbonyl (C=O) groups is 1. The minimum absolute atomic E-state index is 0.0505. The van der Waals surface area contributed by atoms with Gasteiger partial charge in [-0.1, -0.05) is 0 Å². The molecule has 1 aliphatic carbocycles. The normalized spacial score (nSPS) is 22.5. The smallest absolute Gasteiger partial charge is 0.191 e. The Morgan fingerprint density at radius 2 is 2.25 bits per heavy atom. The van der Waals surface area contributed by atoms with Gasteiger partial charge in [-0.2, -0.15) is 0 Å². The first kappa shape index (κ1) is 9.21. The standard InChI is InChI=1S/C11H10N4O/c1-6-14-11-8(15(6)2)3-9(16)7-4-12-5-13-10(7)11/h3-6H,1-2H3. The van der Waals surface area contributed by atoms with Crippen LogP contribution in [-0.4, -0.2) is 39.6 Å². The third kappa shape index (κ3) is 1.05. The number of nitrogens with zero attached hydrogens (tertiary/aromatic N) is 4. The SMILES string of the molecule is CC1N=C2C(=CC(=O)c3cncnc32)N1C. The van der Waals surface area contributed by atoms with Gasteiger partial charge in [0.15, 0.2) is 5.78 Å². The van der Waals surface area contributed by atoms with E-state index in [0.29, 0.717) is 11.3 Å².